The van der Waals surface area contributed by atoms with E-state index in [1.165, 1.54) is 0 Å². The summed E-state index contributed by atoms with van der Waals surface area (Å²) in [5.41, 5.74) is 0.356. The first-order valence-electron chi connectivity index (χ1n) is 6.52. The van der Waals surface area contributed by atoms with E-state index < -0.39 is 18.0 Å². The van der Waals surface area contributed by atoms with E-state index >= 15 is 0 Å². The van der Waals surface area contributed by atoms with Crippen LogP contribution < -0.4 is 10.6 Å². The second-order valence-electron chi connectivity index (χ2n) is 6.25. The van der Waals surface area contributed by atoms with E-state index in [4.69, 9.17) is 10.2 Å². The molecule has 2 amide bonds. The standard InChI is InChI=1S/C13H24N2O4/c1-12(2)9(13(12,3)4)7-14-11(19)15-8(5-6-16)10(17)18/h8-9,16H,5-7H2,1-4H3,(H,17,18)(H2,14,15,19). The number of rotatable bonds is 6. The van der Waals surface area contributed by atoms with Crippen LogP contribution in [0.4, 0.5) is 4.79 Å². The summed E-state index contributed by atoms with van der Waals surface area (Å²) in [5, 5.41) is 22.6. The van der Waals surface area contributed by atoms with Gasteiger partial charge in [0.2, 0.25) is 0 Å². The molecule has 1 aliphatic rings. The van der Waals surface area contributed by atoms with E-state index in [9.17, 15) is 9.59 Å². The molecule has 19 heavy (non-hydrogen) atoms. The number of nitrogens with one attached hydrogen (secondary N) is 2. The van der Waals surface area contributed by atoms with Gasteiger partial charge < -0.3 is 20.8 Å². The van der Waals surface area contributed by atoms with Crippen LogP contribution in [0.2, 0.25) is 0 Å². The van der Waals surface area contributed by atoms with E-state index in [1.807, 2.05) is 0 Å². The van der Waals surface area contributed by atoms with E-state index in [-0.39, 0.29) is 23.9 Å². The molecule has 1 unspecified atom stereocenters. The molecule has 1 fully saturated rings. The van der Waals surface area contributed by atoms with Crippen LogP contribution in [0.15, 0.2) is 0 Å². The fourth-order valence-corrected chi connectivity index (χ4v) is 2.63. The summed E-state index contributed by atoms with van der Waals surface area (Å²) in [6.07, 6.45) is 0.00314. The van der Waals surface area contributed by atoms with Gasteiger partial charge in [-0.1, -0.05) is 27.7 Å². The lowest BCUT2D eigenvalue weighted by molar-refractivity contribution is -0.139. The van der Waals surface area contributed by atoms with Crippen molar-refractivity contribution in [1.29, 1.82) is 0 Å². The predicted octanol–water partition coefficient (Wildman–Crippen LogP) is 0.803. The topological polar surface area (TPSA) is 98.7 Å². The maximum atomic E-state index is 11.6. The molecule has 0 aliphatic heterocycles. The first kappa shape index (κ1) is 15.8. The first-order chi connectivity index (χ1) is 8.64. The fraction of sp³-hybridized carbons (Fsp3) is 0.846. The van der Waals surface area contributed by atoms with E-state index in [0.717, 1.165) is 0 Å². The molecule has 0 saturated heterocycles. The van der Waals surface area contributed by atoms with Crippen molar-refractivity contribution >= 4 is 12.0 Å². The summed E-state index contributed by atoms with van der Waals surface area (Å²) in [6.45, 7) is 8.87. The molecule has 0 aromatic rings. The zero-order valence-electron chi connectivity index (χ0n) is 12.0. The average molecular weight is 272 g/mol. The van der Waals surface area contributed by atoms with Crippen molar-refractivity contribution in [3.8, 4) is 0 Å². The van der Waals surface area contributed by atoms with Crippen LogP contribution in [-0.2, 0) is 4.79 Å². The Morgan fingerprint density at radius 3 is 2.11 bits per heavy atom. The number of hydrogen-bond acceptors (Lipinski definition) is 3. The van der Waals surface area contributed by atoms with Crippen molar-refractivity contribution in [2.75, 3.05) is 13.2 Å². The van der Waals surface area contributed by atoms with Crippen molar-refractivity contribution in [2.24, 2.45) is 16.7 Å². The maximum Gasteiger partial charge on any atom is 0.326 e. The number of hydrogen-bond donors (Lipinski definition) is 4. The summed E-state index contributed by atoms with van der Waals surface area (Å²) in [4.78, 5) is 22.4. The van der Waals surface area contributed by atoms with Crippen molar-refractivity contribution in [1.82, 2.24) is 10.6 Å². The monoisotopic (exact) mass is 272 g/mol. The van der Waals surface area contributed by atoms with E-state index in [1.54, 1.807) is 0 Å². The Labute approximate surface area is 113 Å². The number of carbonyl (C=O) groups excluding carboxylic acids is 1. The highest BCUT2D eigenvalue weighted by molar-refractivity contribution is 5.82. The molecule has 0 spiro atoms. The smallest absolute Gasteiger partial charge is 0.326 e. The highest BCUT2D eigenvalue weighted by Crippen LogP contribution is 2.67. The van der Waals surface area contributed by atoms with Gasteiger partial charge in [-0.3, -0.25) is 0 Å². The summed E-state index contributed by atoms with van der Waals surface area (Å²) >= 11 is 0. The third-order valence-electron chi connectivity index (χ3n) is 4.81. The van der Waals surface area contributed by atoms with Gasteiger partial charge in [0.1, 0.15) is 6.04 Å². The minimum atomic E-state index is -1.14. The molecule has 0 heterocycles. The Morgan fingerprint density at radius 2 is 1.74 bits per heavy atom. The molecule has 6 nitrogen and oxygen atoms in total. The molecule has 0 aromatic carbocycles. The summed E-state index contributed by atoms with van der Waals surface area (Å²) in [7, 11) is 0. The Kier molecular flexibility index (Phi) is 4.45. The Balaban J connectivity index is 2.39. The van der Waals surface area contributed by atoms with Gasteiger partial charge in [-0.15, -0.1) is 0 Å². The van der Waals surface area contributed by atoms with Gasteiger partial charge in [0.15, 0.2) is 0 Å². The molecule has 110 valence electrons. The minimum absolute atomic E-state index is 0.00314. The molecule has 4 N–H and O–H groups in total. The lowest BCUT2D eigenvalue weighted by atomic mass is 10.0. The fourth-order valence-electron chi connectivity index (χ4n) is 2.63. The summed E-state index contributed by atoms with van der Waals surface area (Å²) in [6, 6.07) is -1.55. The maximum absolute atomic E-state index is 11.6. The molecule has 0 radical (unpaired) electrons. The molecule has 6 heteroatoms. The molecule has 0 bridgehead atoms. The number of carboxylic acid groups (broad SMARTS) is 1. The van der Waals surface area contributed by atoms with Crippen molar-refractivity contribution in [3.63, 3.8) is 0 Å². The zero-order valence-corrected chi connectivity index (χ0v) is 12.0. The third-order valence-corrected chi connectivity index (χ3v) is 4.81. The van der Waals surface area contributed by atoms with Gasteiger partial charge in [-0.2, -0.15) is 0 Å². The molecular formula is C13H24N2O4. The highest BCUT2D eigenvalue weighted by Gasteiger charge is 2.64. The average Bonchev–Trinajstić information content (AvgIpc) is 2.66. The van der Waals surface area contributed by atoms with E-state index in [2.05, 4.69) is 38.3 Å². The molecular weight excluding hydrogens is 248 g/mol. The Morgan fingerprint density at radius 1 is 1.21 bits per heavy atom. The third kappa shape index (κ3) is 3.18. The lowest BCUT2D eigenvalue weighted by Crippen LogP contribution is -2.47. The van der Waals surface area contributed by atoms with E-state index in [0.29, 0.717) is 12.5 Å². The van der Waals surface area contributed by atoms with Gasteiger partial charge in [0.25, 0.3) is 0 Å². The van der Waals surface area contributed by atoms with Gasteiger partial charge in [-0.05, 0) is 16.7 Å². The van der Waals surface area contributed by atoms with Crippen LogP contribution in [0.25, 0.3) is 0 Å². The second-order valence-corrected chi connectivity index (χ2v) is 6.25. The van der Waals surface area contributed by atoms with Crippen LogP contribution in [0, 0.1) is 16.7 Å². The molecule has 0 aromatic heterocycles. The number of carboxylic acids is 1. The van der Waals surface area contributed by atoms with Crippen molar-refractivity contribution < 1.29 is 19.8 Å². The van der Waals surface area contributed by atoms with Gasteiger partial charge in [-0.25, -0.2) is 9.59 Å². The zero-order chi connectivity index (χ0) is 14.8. The number of amides is 2. The molecule has 1 aliphatic carbocycles. The number of aliphatic hydroxyl groups is 1. The number of aliphatic hydroxyl groups excluding tert-OH is 1. The van der Waals surface area contributed by atoms with Crippen LogP contribution in [0.1, 0.15) is 34.1 Å². The van der Waals surface area contributed by atoms with Gasteiger partial charge in [0, 0.05) is 19.6 Å². The molecule has 1 atom stereocenters. The highest BCUT2D eigenvalue weighted by atomic mass is 16.4. The van der Waals surface area contributed by atoms with Gasteiger partial charge in [0.05, 0.1) is 0 Å². The van der Waals surface area contributed by atoms with Crippen molar-refractivity contribution in [2.45, 2.75) is 40.2 Å². The Bertz CT molecular complexity index is 352. The second kappa shape index (κ2) is 5.36. The number of aliphatic carboxylic acids is 1. The predicted molar refractivity (Wildman–Crippen MR) is 70.7 cm³/mol. The first-order valence-corrected chi connectivity index (χ1v) is 6.52. The lowest BCUT2D eigenvalue weighted by Gasteiger charge is -2.14. The van der Waals surface area contributed by atoms with Crippen LogP contribution >= 0.6 is 0 Å². The van der Waals surface area contributed by atoms with Gasteiger partial charge >= 0.3 is 12.0 Å². The molecule has 1 saturated carbocycles. The Hall–Kier alpha value is -1.30. The summed E-state index contributed by atoms with van der Waals surface area (Å²) in [5.74, 6) is -0.761. The number of carbonyl (C=O) groups is 2. The quantitative estimate of drug-likeness (QED) is 0.575. The SMILES string of the molecule is CC1(C)C(CNC(=O)NC(CCO)C(=O)O)C1(C)C. The normalized spacial score (nSPS) is 21.5. The van der Waals surface area contributed by atoms with Crippen LogP contribution in [0.3, 0.4) is 0 Å². The largest absolute Gasteiger partial charge is 0.480 e. The molecule has 1 rings (SSSR count). The van der Waals surface area contributed by atoms with Crippen molar-refractivity contribution in [3.05, 3.63) is 0 Å². The van der Waals surface area contributed by atoms with Crippen LogP contribution in [-0.4, -0.2) is 41.4 Å². The number of urea groups is 1. The summed E-state index contributed by atoms with van der Waals surface area (Å²) < 4.78 is 0. The van der Waals surface area contributed by atoms with Crippen LogP contribution in [0.5, 0.6) is 0 Å². The minimum Gasteiger partial charge on any atom is -0.480 e.